The lowest BCUT2D eigenvalue weighted by Crippen LogP contribution is -2.00. The van der Waals surface area contributed by atoms with Crippen molar-refractivity contribution in [2.24, 2.45) is 40.9 Å². The first-order valence-corrected chi connectivity index (χ1v) is 17.9. The van der Waals surface area contributed by atoms with Crippen LogP contribution in [0.1, 0.15) is 0 Å². The standard InChI is InChI=1S/C34H29N13O7S2/c35-18-1-11-26(24(37)15-18)44-40-20-3-7-22(8-4-20)42-46-32-28(55-54-53-49)13-17-14-29(56(50,51)52)33(34(48)30(17)31(32)39)47-43-23-9-5-21(6-10-23)41-45-27-12-2-19(36)16-25(27)38/h1-16,48-49H,35-39H2,(H,50,51,52). The number of aromatic hydroxyl groups is 1. The van der Waals surface area contributed by atoms with Crippen molar-refractivity contribution in [1.29, 1.82) is 0 Å². The van der Waals surface area contributed by atoms with Crippen LogP contribution in [0.3, 0.4) is 0 Å². The summed E-state index contributed by atoms with van der Waals surface area (Å²) in [6.45, 7) is 0. The molecule has 0 amide bonds. The van der Waals surface area contributed by atoms with E-state index in [1.807, 2.05) is 0 Å². The van der Waals surface area contributed by atoms with Crippen molar-refractivity contribution in [3.05, 3.63) is 97.1 Å². The molecule has 0 aromatic heterocycles. The molecule has 56 heavy (non-hydrogen) atoms. The van der Waals surface area contributed by atoms with Crippen LogP contribution < -0.4 is 28.7 Å². The zero-order valence-corrected chi connectivity index (χ0v) is 30.1. The Morgan fingerprint density at radius 1 is 0.571 bits per heavy atom. The van der Waals surface area contributed by atoms with Gasteiger partial charge >= 0.3 is 0 Å². The largest absolute Gasteiger partial charge is 0.505 e. The minimum atomic E-state index is -5.00. The van der Waals surface area contributed by atoms with Crippen LogP contribution >= 0.6 is 12.0 Å². The first kappa shape index (κ1) is 38.6. The number of phenols is 1. The lowest BCUT2D eigenvalue weighted by atomic mass is 10.1. The van der Waals surface area contributed by atoms with Gasteiger partial charge in [-0.2, -0.15) is 28.9 Å². The van der Waals surface area contributed by atoms with E-state index in [0.717, 1.165) is 6.07 Å². The van der Waals surface area contributed by atoms with Crippen molar-refractivity contribution in [1.82, 2.24) is 0 Å². The summed E-state index contributed by atoms with van der Waals surface area (Å²) in [6, 6.07) is 24.5. The second-order valence-corrected chi connectivity index (χ2v) is 13.6. The summed E-state index contributed by atoms with van der Waals surface area (Å²) in [4.78, 5) is -0.733. The van der Waals surface area contributed by atoms with Gasteiger partial charge in [-0.3, -0.25) is 4.55 Å². The molecule has 0 radical (unpaired) electrons. The third-order valence-electron chi connectivity index (χ3n) is 7.63. The monoisotopic (exact) mass is 795 g/mol. The Morgan fingerprint density at radius 3 is 1.45 bits per heavy atom. The summed E-state index contributed by atoms with van der Waals surface area (Å²) in [5, 5.41) is 56.8. The molecule has 22 heteroatoms. The van der Waals surface area contributed by atoms with Crippen LogP contribution in [0.25, 0.3) is 10.8 Å². The second kappa shape index (κ2) is 16.5. The smallest absolute Gasteiger partial charge is 0.296 e. The molecule has 284 valence electrons. The van der Waals surface area contributed by atoms with Crippen LogP contribution in [0.15, 0.2) is 148 Å². The highest BCUT2D eigenvalue weighted by Crippen LogP contribution is 2.49. The zero-order chi connectivity index (χ0) is 40.0. The molecule has 6 rings (SSSR count). The SMILES string of the molecule is Nc1ccc(N=Nc2ccc(N=Nc3c(SOOO)cc4cc(S(=O)(=O)O)c(N=Nc5ccc(N=Nc6ccc(N)cc6N)cc5)c(O)c4c3N)cc2)c(N)c1. The third-order valence-corrected chi connectivity index (χ3v) is 9.11. The van der Waals surface area contributed by atoms with Gasteiger partial charge in [-0.1, -0.05) is 5.04 Å². The van der Waals surface area contributed by atoms with Gasteiger partial charge in [0.15, 0.2) is 5.75 Å². The van der Waals surface area contributed by atoms with Crippen molar-refractivity contribution >= 4 is 107 Å². The normalized spacial score (nSPS) is 12.2. The molecule has 20 nitrogen and oxygen atoms in total. The number of anilines is 5. The van der Waals surface area contributed by atoms with Gasteiger partial charge < -0.3 is 33.8 Å². The highest BCUT2D eigenvalue weighted by molar-refractivity contribution is 7.94. The molecule has 0 aliphatic carbocycles. The molecule has 13 N–H and O–H groups in total. The first-order chi connectivity index (χ1) is 26.8. The van der Waals surface area contributed by atoms with E-state index in [2.05, 4.69) is 50.3 Å². The Hall–Kier alpha value is -7.08. The summed E-state index contributed by atoms with van der Waals surface area (Å²) in [6.07, 6.45) is 0. The number of fused-ring (bicyclic) bond motifs is 1. The molecule has 0 bridgehead atoms. The summed E-state index contributed by atoms with van der Waals surface area (Å²) in [5.41, 5.74) is 32.8. The number of nitrogens with zero attached hydrogens (tertiary/aromatic N) is 8. The maximum absolute atomic E-state index is 12.5. The van der Waals surface area contributed by atoms with Gasteiger partial charge in [-0.25, -0.2) is 5.26 Å². The highest BCUT2D eigenvalue weighted by Gasteiger charge is 2.26. The molecule has 0 aliphatic rings. The summed E-state index contributed by atoms with van der Waals surface area (Å²) < 4.78 is 39.7. The lowest BCUT2D eigenvalue weighted by Gasteiger charge is -2.14. The number of phenolic OH excluding ortho intramolecular Hbond substituents is 1. The Kier molecular flexibility index (Phi) is 11.4. The van der Waals surface area contributed by atoms with Gasteiger partial charge in [0, 0.05) is 11.4 Å². The maximum Gasteiger partial charge on any atom is 0.296 e. The molecule has 6 aromatic carbocycles. The van der Waals surface area contributed by atoms with Crippen molar-refractivity contribution < 1.29 is 32.7 Å². The van der Waals surface area contributed by atoms with Crippen LogP contribution in [0.5, 0.6) is 5.75 Å². The van der Waals surface area contributed by atoms with E-state index in [4.69, 9.17) is 33.9 Å². The number of nitrogen functional groups attached to an aromatic ring is 5. The van der Waals surface area contributed by atoms with Crippen LogP contribution in [-0.4, -0.2) is 23.3 Å². The Balaban J connectivity index is 1.32. The molecule has 0 saturated heterocycles. The number of rotatable bonds is 12. The van der Waals surface area contributed by atoms with Gasteiger partial charge in [0.1, 0.15) is 27.6 Å². The molecule has 0 aliphatic heterocycles. The molecule has 0 fully saturated rings. The van der Waals surface area contributed by atoms with Crippen LogP contribution in [-0.2, 0) is 19.5 Å². The summed E-state index contributed by atoms with van der Waals surface area (Å²) in [7, 11) is -5.00. The lowest BCUT2D eigenvalue weighted by molar-refractivity contribution is -0.432. The van der Waals surface area contributed by atoms with Crippen molar-refractivity contribution in [3.63, 3.8) is 0 Å². The number of nitrogens with two attached hydrogens (primary N) is 5. The minimum absolute atomic E-state index is 0.00229. The Morgan fingerprint density at radius 2 is 1.02 bits per heavy atom. The second-order valence-electron chi connectivity index (χ2n) is 11.5. The van der Waals surface area contributed by atoms with Crippen LogP contribution in [0.4, 0.5) is 73.9 Å². The highest BCUT2D eigenvalue weighted by atomic mass is 32.2. The fourth-order valence-electron chi connectivity index (χ4n) is 4.96. The maximum atomic E-state index is 12.5. The topological polar surface area (TPSA) is 342 Å². The average molecular weight is 796 g/mol. The molecule has 0 heterocycles. The summed E-state index contributed by atoms with van der Waals surface area (Å²) >= 11 is 0.443. The Labute approximate surface area is 320 Å². The average Bonchev–Trinajstić information content (AvgIpc) is 3.16. The molecule has 0 spiro atoms. The van der Waals surface area contributed by atoms with Crippen LogP contribution in [0, 0.1) is 0 Å². The first-order valence-electron chi connectivity index (χ1n) is 15.7. The molecule has 0 unspecified atom stereocenters. The molecule has 0 saturated carbocycles. The van der Waals surface area contributed by atoms with E-state index in [0.29, 0.717) is 63.2 Å². The van der Waals surface area contributed by atoms with Crippen molar-refractivity contribution in [2.45, 2.75) is 9.79 Å². The number of hydrogen-bond acceptors (Lipinski definition) is 20. The van der Waals surface area contributed by atoms with Gasteiger partial charge in [-0.15, -0.1) is 24.8 Å². The van der Waals surface area contributed by atoms with Crippen LogP contribution in [0.2, 0.25) is 0 Å². The quantitative estimate of drug-likeness (QED) is 0.0143. The van der Waals surface area contributed by atoms with Gasteiger partial charge in [0.05, 0.1) is 62.1 Å². The molecule has 6 aromatic rings. The predicted octanol–water partition coefficient (Wildman–Crippen LogP) is 9.79. The number of azo groups is 4. The number of benzene rings is 6. The van der Waals surface area contributed by atoms with Crippen molar-refractivity contribution in [2.75, 3.05) is 28.7 Å². The van der Waals surface area contributed by atoms with Gasteiger partial charge in [-0.05, 0) is 102 Å². The third kappa shape index (κ3) is 8.99. The van der Waals surface area contributed by atoms with E-state index in [-0.39, 0.29) is 32.7 Å². The van der Waals surface area contributed by atoms with E-state index >= 15 is 0 Å². The Bertz CT molecular complexity index is 2680. The molecular formula is C34H29N13O7S2. The minimum Gasteiger partial charge on any atom is -0.505 e. The van der Waals surface area contributed by atoms with E-state index < -0.39 is 26.5 Å². The summed E-state index contributed by atoms with van der Waals surface area (Å²) in [5.74, 6) is -0.758. The zero-order valence-electron chi connectivity index (χ0n) is 28.5. The predicted molar refractivity (Wildman–Crippen MR) is 211 cm³/mol. The van der Waals surface area contributed by atoms with Crippen molar-refractivity contribution in [3.8, 4) is 5.75 Å². The van der Waals surface area contributed by atoms with E-state index in [1.54, 1.807) is 72.8 Å². The van der Waals surface area contributed by atoms with E-state index in [9.17, 15) is 18.1 Å². The van der Waals surface area contributed by atoms with Gasteiger partial charge in [0.2, 0.25) is 0 Å². The molecular weight excluding hydrogens is 767 g/mol. The molecule has 0 atom stereocenters. The number of hydrogen-bond donors (Lipinski definition) is 8. The fourth-order valence-corrected chi connectivity index (χ4v) is 6.13. The van der Waals surface area contributed by atoms with E-state index in [1.165, 1.54) is 18.2 Å². The fraction of sp³-hybridized carbons (Fsp3) is 0. The van der Waals surface area contributed by atoms with Gasteiger partial charge in [0.25, 0.3) is 10.1 Å².